The van der Waals surface area contributed by atoms with Crippen molar-refractivity contribution in [2.45, 2.75) is 89.5 Å². The zero-order chi connectivity index (χ0) is 12.5. The van der Waals surface area contributed by atoms with Crippen molar-refractivity contribution in [2.75, 3.05) is 0 Å². The maximum atomic E-state index is 5.95. The molecule has 104 valence electrons. The lowest BCUT2D eigenvalue weighted by Gasteiger charge is -2.26. The van der Waals surface area contributed by atoms with Crippen molar-refractivity contribution in [1.82, 2.24) is 5.32 Å². The second kappa shape index (κ2) is 5.50. The van der Waals surface area contributed by atoms with Crippen molar-refractivity contribution >= 4 is 0 Å². The number of nitrogens with one attached hydrogen (secondary N) is 1. The Morgan fingerprint density at radius 1 is 1.00 bits per heavy atom. The van der Waals surface area contributed by atoms with E-state index in [1.54, 1.807) is 0 Å². The first kappa shape index (κ1) is 12.9. The Balaban J connectivity index is 1.48. The van der Waals surface area contributed by atoms with E-state index in [2.05, 4.69) is 19.2 Å². The van der Waals surface area contributed by atoms with E-state index in [9.17, 15) is 0 Å². The van der Waals surface area contributed by atoms with Gasteiger partial charge in [0.05, 0.1) is 12.2 Å². The fourth-order valence-corrected chi connectivity index (χ4v) is 4.28. The van der Waals surface area contributed by atoms with E-state index in [-0.39, 0.29) is 0 Å². The quantitative estimate of drug-likeness (QED) is 0.775. The van der Waals surface area contributed by atoms with Gasteiger partial charge in [0.25, 0.3) is 0 Å². The Hall–Kier alpha value is -0.0800. The Kier molecular flexibility index (Phi) is 3.95. The molecule has 2 heteroatoms. The molecule has 5 atom stereocenters. The molecule has 3 fully saturated rings. The smallest absolute Gasteiger partial charge is 0.0733 e. The summed E-state index contributed by atoms with van der Waals surface area (Å²) in [6, 6.07) is 1.44. The molecule has 5 unspecified atom stereocenters. The highest BCUT2D eigenvalue weighted by atomic mass is 16.5. The molecule has 0 aromatic carbocycles. The summed E-state index contributed by atoms with van der Waals surface area (Å²) in [7, 11) is 0. The number of ether oxygens (including phenoxy) is 1. The zero-order valence-electron chi connectivity index (χ0n) is 12.0. The summed E-state index contributed by atoms with van der Waals surface area (Å²) in [5.41, 5.74) is 0. The maximum Gasteiger partial charge on any atom is 0.0733 e. The van der Waals surface area contributed by atoms with E-state index >= 15 is 0 Å². The van der Waals surface area contributed by atoms with Crippen LogP contribution < -0.4 is 5.32 Å². The third-order valence-corrected chi connectivity index (χ3v) is 5.51. The Bertz CT molecular complexity index is 278. The molecule has 0 amide bonds. The van der Waals surface area contributed by atoms with Crippen LogP contribution in [0.15, 0.2) is 0 Å². The molecule has 0 aromatic rings. The first-order chi connectivity index (χ1) is 8.72. The van der Waals surface area contributed by atoms with E-state index in [0.29, 0.717) is 18.2 Å². The third kappa shape index (κ3) is 2.75. The minimum Gasteiger partial charge on any atom is -0.373 e. The van der Waals surface area contributed by atoms with E-state index in [1.807, 2.05) is 0 Å². The van der Waals surface area contributed by atoms with Gasteiger partial charge in [-0.2, -0.15) is 0 Å². The largest absolute Gasteiger partial charge is 0.373 e. The van der Waals surface area contributed by atoms with Crippen LogP contribution in [0.2, 0.25) is 0 Å². The van der Waals surface area contributed by atoms with Crippen LogP contribution in [0.25, 0.3) is 0 Å². The lowest BCUT2D eigenvalue weighted by Crippen LogP contribution is -2.43. The molecule has 0 spiro atoms. The molecule has 1 aliphatic carbocycles. The summed E-state index contributed by atoms with van der Waals surface area (Å²) in [4.78, 5) is 0. The van der Waals surface area contributed by atoms with Gasteiger partial charge in [-0.15, -0.1) is 0 Å². The van der Waals surface area contributed by atoms with Gasteiger partial charge in [0, 0.05) is 12.1 Å². The SMILES string of the molecule is CC(C)C1CCCC(NC2CC3CCC2O3)CC1. The summed E-state index contributed by atoms with van der Waals surface area (Å²) < 4.78 is 5.95. The maximum absolute atomic E-state index is 5.95. The van der Waals surface area contributed by atoms with Crippen LogP contribution in [0.3, 0.4) is 0 Å². The van der Waals surface area contributed by atoms with Gasteiger partial charge in [0.2, 0.25) is 0 Å². The average Bonchev–Trinajstić information content (AvgIpc) is 2.86. The lowest BCUT2D eigenvalue weighted by atomic mass is 9.89. The van der Waals surface area contributed by atoms with Gasteiger partial charge in [-0.1, -0.05) is 26.7 Å². The van der Waals surface area contributed by atoms with Crippen LogP contribution in [-0.4, -0.2) is 24.3 Å². The minimum atomic E-state index is 0.541. The van der Waals surface area contributed by atoms with Crippen molar-refractivity contribution in [2.24, 2.45) is 11.8 Å². The number of hydrogen-bond acceptors (Lipinski definition) is 2. The van der Waals surface area contributed by atoms with Gasteiger partial charge in [-0.25, -0.2) is 0 Å². The minimum absolute atomic E-state index is 0.541. The second-order valence-electron chi connectivity index (χ2n) is 7.09. The number of fused-ring (bicyclic) bond motifs is 2. The van der Waals surface area contributed by atoms with E-state index in [4.69, 9.17) is 4.74 Å². The van der Waals surface area contributed by atoms with Crippen molar-refractivity contribution in [1.29, 1.82) is 0 Å². The molecule has 1 saturated carbocycles. The fraction of sp³-hybridized carbons (Fsp3) is 1.00. The molecular weight excluding hydrogens is 222 g/mol. The van der Waals surface area contributed by atoms with Gasteiger partial charge in [0.1, 0.15) is 0 Å². The van der Waals surface area contributed by atoms with Gasteiger partial charge in [0.15, 0.2) is 0 Å². The van der Waals surface area contributed by atoms with Gasteiger partial charge < -0.3 is 10.1 Å². The first-order valence-electron chi connectivity index (χ1n) is 8.14. The average molecular weight is 251 g/mol. The molecule has 1 N–H and O–H groups in total. The molecule has 2 saturated heterocycles. The zero-order valence-corrected chi connectivity index (χ0v) is 12.0. The van der Waals surface area contributed by atoms with Crippen LogP contribution in [0, 0.1) is 11.8 Å². The fourth-order valence-electron chi connectivity index (χ4n) is 4.28. The van der Waals surface area contributed by atoms with E-state index in [1.165, 1.54) is 51.4 Å². The molecule has 18 heavy (non-hydrogen) atoms. The van der Waals surface area contributed by atoms with Crippen molar-refractivity contribution in [3.05, 3.63) is 0 Å². The first-order valence-corrected chi connectivity index (χ1v) is 8.14. The van der Waals surface area contributed by atoms with Crippen LogP contribution in [-0.2, 0) is 4.74 Å². The summed E-state index contributed by atoms with van der Waals surface area (Å²) in [5, 5.41) is 3.92. The van der Waals surface area contributed by atoms with Crippen molar-refractivity contribution in [3.63, 3.8) is 0 Å². The molecule has 0 aromatic heterocycles. The molecule has 3 rings (SSSR count). The number of rotatable bonds is 3. The summed E-state index contributed by atoms with van der Waals surface area (Å²) in [5.74, 6) is 1.84. The normalized spacial score (nSPS) is 44.5. The predicted octanol–water partition coefficient (Wildman–Crippen LogP) is 3.50. The highest BCUT2D eigenvalue weighted by Gasteiger charge is 2.41. The highest BCUT2D eigenvalue weighted by molar-refractivity contribution is 4.95. The van der Waals surface area contributed by atoms with Gasteiger partial charge in [-0.05, 0) is 50.4 Å². The third-order valence-electron chi connectivity index (χ3n) is 5.51. The summed E-state index contributed by atoms with van der Waals surface area (Å²) in [6.07, 6.45) is 12.1. The van der Waals surface area contributed by atoms with Crippen molar-refractivity contribution < 1.29 is 4.74 Å². The lowest BCUT2D eigenvalue weighted by molar-refractivity contribution is 0.0956. The Labute approximate surface area is 112 Å². The van der Waals surface area contributed by atoms with E-state index in [0.717, 1.165) is 17.9 Å². The van der Waals surface area contributed by atoms with Crippen molar-refractivity contribution in [3.8, 4) is 0 Å². The Morgan fingerprint density at radius 2 is 1.89 bits per heavy atom. The van der Waals surface area contributed by atoms with Gasteiger partial charge in [-0.3, -0.25) is 0 Å². The molecule has 2 bridgehead atoms. The van der Waals surface area contributed by atoms with Crippen LogP contribution in [0.5, 0.6) is 0 Å². The number of hydrogen-bond donors (Lipinski definition) is 1. The summed E-state index contributed by atoms with van der Waals surface area (Å²) in [6.45, 7) is 4.78. The molecule has 0 radical (unpaired) electrons. The van der Waals surface area contributed by atoms with Crippen LogP contribution >= 0.6 is 0 Å². The molecule has 2 nitrogen and oxygen atoms in total. The topological polar surface area (TPSA) is 21.3 Å². The molecule has 3 aliphatic rings. The second-order valence-corrected chi connectivity index (χ2v) is 7.09. The van der Waals surface area contributed by atoms with E-state index < -0.39 is 0 Å². The van der Waals surface area contributed by atoms with Crippen LogP contribution in [0.4, 0.5) is 0 Å². The standard InChI is InChI=1S/C16H29NO/c1-11(2)12-4-3-5-13(7-6-12)17-15-10-14-8-9-16(15)18-14/h11-17H,3-10H2,1-2H3. The molecule has 2 heterocycles. The molecule has 2 aliphatic heterocycles. The van der Waals surface area contributed by atoms with Gasteiger partial charge >= 0.3 is 0 Å². The Morgan fingerprint density at radius 3 is 2.56 bits per heavy atom. The monoisotopic (exact) mass is 251 g/mol. The highest BCUT2D eigenvalue weighted by Crippen LogP contribution is 2.36. The summed E-state index contributed by atoms with van der Waals surface area (Å²) >= 11 is 0. The van der Waals surface area contributed by atoms with Crippen LogP contribution in [0.1, 0.15) is 65.2 Å². The predicted molar refractivity (Wildman–Crippen MR) is 74.6 cm³/mol. The molecular formula is C16H29NO.